The van der Waals surface area contributed by atoms with Gasteiger partial charge in [0.05, 0.1) is 22.0 Å². The Hall–Kier alpha value is -2.21. The first-order valence-electron chi connectivity index (χ1n) is 10.6. The highest BCUT2D eigenvalue weighted by atomic mass is 32.1. The first-order valence-corrected chi connectivity index (χ1v) is 11.4. The standard InChI is InChI=1S/C23H30N4OS/c1-15(2)14-27-17(4)18(16(3)25-27)11-12-22(28)26-13-7-9-20(26)23-24-19-8-5-6-10-21(19)29-23/h5-6,8,10,15,20H,7,9,11-14H2,1-4H3/t20-/m0/s1. The van der Waals surface area contributed by atoms with Crippen molar-refractivity contribution in [1.29, 1.82) is 0 Å². The summed E-state index contributed by atoms with van der Waals surface area (Å²) in [7, 11) is 0. The monoisotopic (exact) mass is 410 g/mol. The number of carbonyl (C=O) groups is 1. The predicted molar refractivity (Wildman–Crippen MR) is 118 cm³/mol. The summed E-state index contributed by atoms with van der Waals surface area (Å²) in [5.41, 5.74) is 4.53. The number of aryl methyl sites for hydroxylation is 1. The summed E-state index contributed by atoms with van der Waals surface area (Å²) in [5, 5.41) is 5.77. The first-order chi connectivity index (χ1) is 13.9. The van der Waals surface area contributed by atoms with Gasteiger partial charge in [-0.1, -0.05) is 26.0 Å². The summed E-state index contributed by atoms with van der Waals surface area (Å²) in [6.45, 7) is 10.4. The van der Waals surface area contributed by atoms with Crippen molar-refractivity contribution in [1.82, 2.24) is 19.7 Å². The normalized spacial score (nSPS) is 17.0. The second-order valence-electron chi connectivity index (χ2n) is 8.49. The van der Waals surface area contributed by atoms with E-state index < -0.39 is 0 Å². The number of rotatable bonds is 6. The molecule has 1 fully saturated rings. The second-order valence-corrected chi connectivity index (χ2v) is 9.55. The van der Waals surface area contributed by atoms with Crippen LogP contribution in [-0.2, 0) is 17.8 Å². The van der Waals surface area contributed by atoms with E-state index in [1.807, 2.05) is 12.1 Å². The summed E-state index contributed by atoms with van der Waals surface area (Å²) in [6, 6.07) is 8.36. The number of thiazole rings is 1. The van der Waals surface area contributed by atoms with E-state index in [9.17, 15) is 4.79 Å². The predicted octanol–water partition coefficient (Wildman–Crippen LogP) is 5.06. The number of benzene rings is 1. The largest absolute Gasteiger partial charge is 0.333 e. The molecule has 0 saturated carbocycles. The molecular weight excluding hydrogens is 380 g/mol. The van der Waals surface area contributed by atoms with Gasteiger partial charge in [0.25, 0.3) is 0 Å². The molecule has 6 heteroatoms. The number of para-hydroxylation sites is 1. The molecule has 2 aromatic heterocycles. The van der Waals surface area contributed by atoms with E-state index in [4.69, 9.17) is 10.1 Å². The average Bonchev–Trinajstić information content (AvgIpc) is 3.38. The van der Waals surface area contributed by atoms with Crippen molar-refractivity contribution in [3.05, 3.63) is 46.2 Å². The third-order valence-electron chi connectivity index (χ3n) is 5.83. The summed E-state index contributed by atoms with van der Waals surface area (Å²) >= 11 is 1.73. The van der Waals surface area contributed by atoms with Gasteiger partial charge in [-0.15, -0.1) is 11.3 Å². The van der Waals surface area contributed by atoms with Gasteiger partial charge in [-0.3, -0.25) is 9.48 Å². The molecule has 0 N–H and O–H groups in total. The number of amides is 1. The van der Waals surface area contributed by atoms with Crippen molar-refractivity contribution < 1.29 is 4.79 Å². The third-order valence-corrected chi connectivity index (χ3v) is 6.96. The van der Waals surface area contributed by atoms with E-state index in [1.165, 1.54) is 16.0 Å². The maximum atomic E-state index is 13.1. The minimum absolute atomic E-state index is 0.130. The molecule has 3 heterocycles. The molecule has 1 saturated heterocycles. The van der Waals surface area contributed by atoms with Gasteiger partial charge in [0.15, 0.2) is 0 Å². The van der Waals surface area contributed by atoms with E-state index >= 15 is 0 Å². The minimum Gasteiger partial charge on any atom is -0.333 e. The lowest BCUT2D eigenvalue weighted by atomic mass is 10.1. The maximum Gasteiger partial charge on any atom is 0.223 e. The van der Waals surface area contributed by atoms with Gasteiger partial charge in [0.1, 0.15) is 5.01 Å². The summed E-state index contributed by atoms with van der Waals surface area (Å²) in [5.74, 6) is 0.795. The number of carbonyl (C=O) groups excluding carboxylic acids is 1. The number of likely N-dealkylation sites (tertiary alicyclic amines) is 1. The van der Waals surface area contributed by atoms with Gasteiger partial charge in [0.2, 0.25) is 5.91 Å². The third kappa shape index (κ3) is 4.08. The lowest BCUT2D eigenvalue weighted by Crippen LogP contribution is -2.30. The molecule has 1 atom stereocenters. The molecule has 1 amide bonds. The van der Waals surface area contributed by atoms with Crippen molar-refractivity contribution in [2.24, 2.45) is 5.92 Å². The molecule has 4 rings (SSSR count). The second kappa shape index (κ2) is 8.27. The molecule has 1 aromatic carbocycles. The Balaban J connectivity index is 1.46. The average molecular weight is 411 g/mol. The molecule has 1 aliphatic heterocycles. The molecule has 0 radical (unpaired) electrons. The van der Waals surface area contributed by atoms with Crippen LogP contribution in [0.15, 0.2) is 24.3 Å². The van der Waals surface area contributed by atoms with Gasteiger partial charge in [-0.2, -0.15) is 5.10 Å². The molecule has 29 heavy (non-hydrogen) atoms. The Morgan fingerprint density at radius 1 is 1.28 bits per heavy atom. The van der Waals surface area contributed by atoms with Gasteiger partial charge < -0.3 is 4.90 Å². The molecular formula is C23H30N4OS. The summed E-state index contributed by atoms with van der Waals surface area (Å²) in [4.78, 5) is 20.0. The van der Waals surface area contributed by atoms with Crippen LogP contribution in [-0.4, -0.2) is 32.1 Å². The fraction of sp³-hybridized carbons (Fsp3) is 0.522. The number of aromatic nitrogens is 3. The Bertz CT molecular complexity index is 986. The van der Waals surface area contributed by atoms with Crippen molar-refractivity contribution in [3.8, 4) is 0 Å². The van der Waals surface area contributed by atoms with Crippen molar-refractivity contribution >= 4 is 27.5 Å². The van der Waals surface area contributed by atoms with E-state index in [0.717, 1.165) is 48.6 Å². The maximum absolute atomic E-state index is 13.1. The SMILES string of the molecule is Cc1nn(CC(C)C)c(C)c1CCC(=O)N1CCC[C@H]1c1nc2ccccc2s1. The minimum atomic E-state index is 0.130. The Morgan fingerprint density at radius 2 is 2.07 bits per heavy atom. The number of hydrogen-bond donors (Lipinski definition) is 0. The van der Waals surface area contributed by atoms with Crippen LogP contribution in [0.25, 0.3) is 10.2 Å². The van der Waals surface area contributed by atoms with Crippen molar-refractivity contribution in [3.63, 3.8) is 0 Å². The topological polar surface area (TPSA) is 51.0 Å². The van der Waals surface area contributed by atoms with Gasteiger partial charge in [0, 0.05) is 25.2 Å². The van der Waals surface area contributed by atoms with Crippen LogP contribution >= 0.6 is 11.3 Å². The zero-order chi connectivity index (χ0) is 20.5. The van der Waals surface area contributed by atoms with E-state index in [1.54, 1.807) is 11.3 Å². The molecule has 0 spiro atoms. The fourth-order valence-electron chi connectivity index (χ4n) is 4.35. The first kappa shape index (κ1) is 20.1. The van der Waals surface area contributed by atoms with Gasteiger partial charge >= 0.3 is 0 Å². The van der Waals surface area contributed by atoms with Crippen LogP contribution in [0, 0.1) is 19.8 Å². The van der Waals surface area contributed by atoms with Crippen LogP contribution < -0.4 is 0 Å². The Kier molecular flexibility index (Phi) is 5.72. The smallest absolute Gasteiger partial charge is 0.223 e. The molecule has 0 aliphatic carbocycles. The Labute approximate surface area is 176 Å². The fourth-order valence-corrected chi connectivity index (χ4v) is 5.46. The quantitative estimate of drug-likeness (QED) is 0.571. The molecule has 5 nitrogen and oxygen atoms in total. The molecule has 0 bridgehead atoms. The number of hydrogen-bond acceptors (Lipinski definition) is 4. The highest BCUT2D eigenvalue weighted by Gasteiger charge is 2.32. The zero-order valence-electron chi connectivity index (χ0n) is 17.8. The number of fused-ring (bicyclic) bond motifs is 1. The van der Waals surface area contributed by atoms with Gasteiger partial charge in [-0.25, -0.2) is 4.98 Å². The van der Waals surface area contributed by atoms with Crippen molar-refractivity contribution in [2.45, 2.75) is 66.0 Å². The lowest BCUT2D eigenvalue weighted by molar-refractivity contribution is -0.132. The highest BCUT2D eigenvalue weighted by Crippen LogP contribution is 2.36. The molecule has 1 aliphatic rings. The molecule has 3 aromatic rings. The van der Waals surface area contributed by atoms with E-state index in [2.05, 4.69) is 49.4 Å². The van der Waals surface area contributed by atoms with Crippen LogP contribution in [0.1, 0.15) is 61.1 Å². The number of nitrogens with zero attached hydrogens (tertiary/aromatic N) is 4. The molecule has 0 unspecified atom stereocenters. The van der Waals surface area contributed by atoms with E-state index in [0.29, 0.717) is 12.3 Å². The molecule has 154 valence electrons. The van der Waals surface area contributed by atoms with Gasteiger partial charge in [-0.05, 0) is 56.7 Å². The zero-order valence-corrected chi connectivity index (χ0v) is 18.6. The van der Waals surface area contributed by atoms with Crippen LogP contribution in [0.5, 0.6) is 0 Å². The van der Waals surface area contributed by atoms with E-state index in [-0.39, 0.29) is 11.9 Å². The van der Waals surface area contributed by atoms with Crippen LogP contribution in [0.2, 0.25) is 0 Å². The van der Waals surface area contributed by atoms with Crippen LogP contribution in [0.3, 0.4) is 0 Å². The highest BCUT2D eigenvalue weighted by molar-refractivity contribution is 7.18. The summed E-state index contributed by atoms with van der Waals surface area (Å²) in [6.07, 6.45) is 3.36. The van der Waals surface area contributed by atoms with Crippen LogP contribution in [0.4, 0.5) is 0 Å². The lowest BCUT2D eigenvalue weighted by Gasteiger charge is -2.23. The summed E-state index contributed by atoms with van der Waals surface area (Å²) < 4.78 is 3.30. The Morgan fingerprint density at radius 3 is 2.83 bits per heavy atom. The van der Waals surface area contributed by atoms with Crippen molar-refractivity contribution in [2.75, 3.05) is 6.54 Å².